The number of aliphatic carboxylic acids is 1. The highest BCUT2D eigenvalue weighted by Crippen LogP contribution is 2.45. The van der Waals surface area contributed by atoms with Crippen molar-refractivity contribution in [1.29, 1.82) is 0 Å². The van der Waals surface area contributed by atoms with Crippen LogP contribution in [0.2, 0.25) is 0 Å². The first kappa shape index (κ1) is 34.3. The summed E-state index contributed by atoms with van der Waals surface area (Å²) in [4.78, 5) is 55.7. The second-order valence-electron chi connectivity index (χ2n) is 13.4. The van der Waals surface area contributed by atoms with Crippen molar-refractivity contribution in [2.75, 3.05) is 47.6 Å². The van der Waals surface area contributed by atoms with Gasteiger partial charge in [0.15, 0.2) is 23.0 Å². The summed E-state index contributed by atoms with van der Waals surface area (Å²) in [6, 6.07) is 7.38. The zero-order chi connectivity index (χ0) is 35.4. The van der Waals surface area contributed by atoms with Crippen LogP contribution in [-0.4, -0.2) is 86.3 Å². The van der Waals surface area contributed by atoms with Gasteiger partial charge in [-0.25, -0.2) is 0 Å². The van der Waals surface area contributed by atoms with E-state index in [2.05, 4.69) is 0 Å². The predicted molar refractivity (Wildman–Crippen MR) is 184 cm³/mol. The van der Waals surface area contributed by atoms with Crippen LogP contribution in [0.5, 0.6) is 23.0 Å². The number of hydrogen-bond acceptors (Lipinski definition) is 11. The molecule has 0 spiro atoms. The third kappa shape index (κ3) is 6.12. The van der Waals surface area contributed by atoms with Crippen LogP contribution in [-0.2, 0) is 27.4 Å². The number of esters is 1. The van der Waals surface area contributed by atoms with Gasteiger partial charge in [0.25, 0.3) is 11.8 Å². The number of benzene rings is 2. The molecule has 14 heteroatoms. The van der Waals surface area contributed by atoms with E-state index in [-0.39, 0.29) is 38.1 Å². The van der Waals surface area contributed by atoms with Gasteiger partial charge in [-0.2, -0.15) is 0 Å². The molecule has 0 atom stereocenters. The Balaban J connectivity index is 1.06. The number of ether oxygens (including phenoxy) is 5. The largest absolute Gasteiger partial charge is 0.493 e. The summed E-state index contributed by atoms with van der Waals surface area (Å²) < 4.78 is 29.8. The Morgan fingerprint density at radius 3 is 1.65 bits per heavy atom. The molecular weight excluding hydrogens is 673 g/mol. The maximum absolute atomic E-state index is 13.4. The van der Waals surface area contributed by atoms with Gasteiger partial charge in [0.2, 0.25) is 0 Å². The van der Waals surface area contributed by atoms with E-state index in [0.29, 0.717) is 45.8 Å². The highest BCUT2D eigenvalue weighted by atomic mass is 32.1. The summed E-state index contributed by atoms with van der Waals surface area (Å²) in [7, 11) is 4.66. The number of carbonyl (C=O) groups excluding carboxylic acids is 3. The topological polar surface area (TPSA) is 141 Å². The van der Waals surface area contributed by atoms with Gasteiger partial charge in [-0.1, -0.05) is 0 Å². The number of rotatable bonds is 13. The number of nitrogens with zero attached hydrogens (tertiary/aromatic N) is 2. The molecule has 2 aromatic heterocycles. The molecule has 0 saturated carbocycles. The third-order valence-corrected chi connectivity index (χ3v) is 11.3. The molecule has 1 N–H and O–H groups in total. The number of carboxylic acids is 1. The maximum Gasteiger partial charge on any atom is 0.313 e. The fourth-order valence-corrected chi connectivity index (χ4v) is 8.58. The molecule has 4 aromatic rings. The molecule has 260 valence electrons. The minimum absolute atomic E-state index is 0.0231. The van der Waals surface area contributed by atoms with Gasteiger partial charge in [0.05, 0.1) is 41.9 Å². The summed E-state index contributed by atoms with van der Waals surface area (Å²) in [5.74, 6) is 0.350. The Labute approximate surface area is 291 Å². The minimum atomic E-state index is -1.07. The first-order chi connectivity index (χ1) is 23.2. The summed E-state index contributed by atoms with van der Waals surface area (Å²) in [5, 5.41) is 11.3. The smallest absolute Gasteiger partial charge is 0.313 e. The lowest BCUT2D eigenvalue weighted by Gasteiger charge is -2.28. The molecule has 2 amide bonds. The van der Waals surface area contributed by atoms with Crippen LogP contribution in [0.15, 0.2) is 24.3 Å². The molecule has 0 fully saturated rings. The number of amides is 2. The number of carboxylic acid groups (broad SMARTS) is 1. The molecule has 2 aliphatic rings. The normalized spacial score (nSPS) is 14.4. The Morgan fingerprint density at radius 2 is 1.16 bits per heavy atom. The van der Waals surface area contributed by atoms with Crippen molar-refractivity contribution < 1.29 is 48.0 Å². The number of carbonyl (C=O) groups is 4. The van der Waals surface area contributed by atoms with E-state index in [1.54, 1.807) is 57.8 Å². The van der Waals surface area contributed by atoms with Crippen LogP contribution in [0.25, 0.3) is 20.2 Å². The first-order valence-electron chi connectivity index (χ1n) is 15.6. The van der Waals surface area contributed by atoms with Gasteiger partial charge < -0.3 is 38.6 Å². The number of methoxy groups -OCH3 is 3. The van der Waals surface area contributed by atoms with Gasteiger partial charge >= 0.3 is 11.9 Å². The second-order valence-corrected chi connectivity index (χ2v) is 15.5. The van der Waals surface area contributed by atoms with Gasteiger partial charge in [-0.05, 0) is 39.8 Å². The van der Waals surface area contributed by atoms with Gasteiger partial charge in [-0.15, -0.1) is 22.7 Å². The minimum Gasteiger partial charge on any atom is -0.493 e. The van der Waals surface area contributed by atoms with Crippen LogP contribution in [0.1, 0.15) is 58.2 Å². The summed E-state index contributed by atoms with van der Waals surface area (Å²) >= 11 is 2.73. The quantitative estimate of drug-likeness (QED) is 0.133. The van der Waals surface area contributed by atoms with Crippen molar-refractivity contribution in [2.24, 2.45) is 10.8 Å². The molecule has 0 aliphatic carbocycles. The predicted octanol–water partition coefficient (Wildman–Crippen LogP) is 5.81. The van der Waals surface area contributed by atoms with E-state index in [1.165, 1.54) is 29.8 Å². The summed E-state index contributed by atoms with van der Waals surface area (Å²) in [6.07, 6.45) is 0. The fourth-order valence-electron chi connectivity index (χ4n) is 6.20. The second kappa shape index (κ2) is 12.7. The van der Waals surface area contributed by atoms with Crippen LogP contribution in [0, 0.1) is 10.8 Å². The van der Waals surface area contributed by atoms with E-state index >= 15 is 0 Å². The summed E-state index contributed by atoms with van der Waals surface area (Å²) in [5.41, 5.74) is -0.299. The molecule has 6 rings (SSSR count). The molecular formula is C35H38N2O10S2. The van der Waals surface area contributed by atoms with E-state index in [9.17, 15) is 24.3 Å². The van der Waals surface area contributed by atoms with E-state index < -0.39 is 22.8 Å². The molecule has 0 radical (unpaired) electrons. The molecule has 12 nitrogen and oxygen atoms in total. The average Bonchev–Trinajstić information content (AvgIpc) is 3.77. The lowest BCUT2D eigenvalue weighted by Crippen LogP contribution is -2.40. The van der Waals surface area contributed by atoms with Crippen molar-refractivity contribution in [3.8, 4) is 23.0 Å². The van der Waals surface area contributed by atoms with Crippen molar-refractivity contribution in [1.82, 2.24) is 9.80 Å². The molecule has 0 saturated heterocycles. The van der Waals surface area contributed by atoms with Crippen molar-refractivity contribution >= 4 is 66.6 Å². The molecule has 0 unspecified atom stereocenters. The Hall–Kier alpha value is -4.56. The van der Waals surface area contributed by atoms with E-state index in [1.807, 2.05) is 18.2 Å². The average molecular weight is 711 g/mol. The molecule has 2 aliphatic heterocycles. The number of thiophene rings is 2. The van der Waals surface area contributed by atoms with Crippen molar-refractivity contribution in [3.05, 3.63) is 45.1 Å². The van der Waals surface area contributed by atoms with Crippen molar-refractivity contribution in [3.63, 3.8) is 0 Å². The Morgan fingerprint density at radius 1 is 0.714 bits per heavy atom. The Kier molecular flexibility index (Phi) is 8.90. The monoisotopic (exact) mass is 710 g/mol. The van der Waals surface area contributed by atoms with Crippen LogP contribution >= 0.6 is 22.7 Å². The highest BCUT2D eigenvalue weighted by molar-refractivity contribution is 7.21. The molecule has 4 heterocycles. The lowest BCUT2D eigenvalue weighted by atomic mass is 9.93. The number of hydrogen-bond donors (Lipinski definition) is 1. The standard InChI is InChI=1S/C35H38N2O10S2/c1-34(2,32(40)41)16-36-14-20-19-11-23(44-6)25(13-27(19)49-28(20)30(36)38)46-8-9-47-33(42)35(3,4)17-37-15-21-18-10-22(43-5)24(45-7)12-26(18)48-29(21)31(37)39/h10-13H,8-9,14-17H2,1-7H3,(H,40,41). The third-order valence-electron chi connectivity index (χ3n) is 8.91. The molecule has 2 aromatic carbocycles. The molecule has 0 bridgehead atoms. The zero-order valence-corrected chi connectivity index (χ0v) is 30.0. The first-order valence-corrected chi connectivity index (χ1v) is 17.2. The highest BCUT2D eigenvalue weighted by Gasteiger charge is 2.40. The van der Waals surface area contributed by atoms with E-state index in [0.717, 1.165) is 31.3 Å². The lowest BCUT2D eigenvalue weighted by molar-refractivity contribution is -0.155. The zero-order valence-electron chi connectivity index (χ0n) is 28.4. The van der Waals surface area contributed by atoms with E-state index in [4.69, 9.17) is 23.7 Å². The SMILES string of the molecule is COc1cc2sc3c(c2cc1OC)CN(CC(C)(C)C(=O)OCCOc1cc2sc4c(c2cc1OC)CN(CC(C)(C)C(=O)O)C4=O)C3=O. The maximum atomic E-state index is 13.4. The van der Waals surface area contributed by atoms with Crippen LogP contribution in [0.4, 0.5) is 0 Å². The van der Waals surface area contributed by atoms with Crippen LogP contribution < -0.4 is 18.9 Å². The van der Waals surface area contributed by atoms with Crippen molar-refractivity contribution in [2.45, 2.75) is 40.8 Å². The number of fused-ring (bicyclic) bond motifs is 6. The Bertz CT molecular complexity index is 2010. The van der Waals surface area contributed by atoms with Crippen LogP contribution in [0.3, 0.4) is 0 Å². The summed E-state index contributed by atoms with van der Waals surface area (Å²) in [6.45, 7) is 7.71. The van der Waals surface area contributed by atoms with Gasteiger partial charge in [0, 0.05) is 69.6 Å². The fraction of sp³-hybridized carbons (Fsp3) is 0.429. The van der Waals surface area contributed by atoms with Gasteiger partial charge in [-0.3, -0.25) is 19.2 Å². The van der Waals surface area contributed by atoms with Gasteiger partial charge in [0.1, 0.15) is 13.2 Å². The molecule has 49 heavy (non-hydrogen) atoms.